The van der Waals surface area contributed by atoms with Gasteiger partial charge in [0.15, 0.2) is 5.96 Å². The highest BCUT2D eigenvalue weighted by Gasteiger charge is 2.08. The molecule has 0 spiro atoms. The minimum absolute atomic E-state index is 0.775. The third-order valence-corrected chi connectivity index (χ3v) is 4.54. The summed E-state index contributed by atoms with van der Waals surface area (Å²) in [5.41, 5.74) is 4.49. The summed E-state index contributed by atoms with van der Waals surface area (Å²) in [6, 6.07) is 12.2. The number of ether oxygens (including phenoxy) is 1. The average Bonchev–Trinajstić information content (AvgIpc) is 3.10. The van der Waals surface area contributed by atoms with E-state index in [1.54, 1.807) is 14.2 Å². The van der Waals surface area contributed by atoms with Crippen LogP contribution in [0.25, 0.3) is 5.65 Å². The number of nitrogens with one attached hydrogen (secondary N) is 1. The Morgan fingerprint density at radius 3 is 2.70 bits per heavy atom. The molecule has 1 aromatic carbocycles. The van der Waals surface area contributed by atoms with Crippen LogP contribution in [0.2, 0.25) is 0 Å². The van der Waals surface area contributed by atoms with E-state index < -0.39 is 0 Å². The highest BCUT2D eigenvalue weighted by atomic mass is 16.5. The first-order chi connectivity index (χ1) is 13.1. The van der Waals surface area contributed by atoms with Crippen molar-refractivity contribution in [1.29, 1.82) is 0 Å². The van der Waals surface area contributed by atoms with Crippen molar-refractivity contribution < 1.29 is 4.74 Å². The number of fused-ring (bicyclic) bond motifs is 1. The van der Waals surface area contributed by atoms with Crippen molar-refractivity contribution in [2.75, 3.05) is 27.7 Å². The van der Waals surface area contributed by atoms with Crippen molar-refractivity contribution in [2.45, 2.75) is 19.9 Å². The zero-order valence-corrected chi connectivity index (χ0v) is 16.4. The van der Waals surface area contributed by atoms with Crippen molar-refractivity contribution in [3.05, 3.63) is 65.6 Å². The fourth-order valence-electron chi connectivity index (χ4n) is 3.09. The highest BCUT2D eigenvalue weighted by Crippen LogP contribution is 2.13. The maximum atomic E-state index is 5.21. The third kappa shape index (κ3) is 4.58. The van der Waals surface area contributed by atoms with Gasteiger partial charge in [0.1, 0.15) is 11.4 Å². The molecule has 0 aliphatic rings. The first-order valence-corrected chi connectivity index (χ1v) is 9.08. The first kappa shape index (κ1) is 18.8. The lowest BCUT2D eigenvalue weighted by Gasteiger charge is -2.22. The van der Waals surface area contributed by atoms with Crippen LogP contribution in [0, 0.1) is 6.92 Å². The number of nitrogens with zero attached hydrogens (tertiary/aromatic N) is 4. The molecule has 6 heteroatoms. The Labute approximate surface area is 160 Å². The average molecular weight is 365 g/mol. The highest BCUT2D eigenvalue weighted by molar-refractivity contribution is 5.79. The van der Waals surface area contributed by atoms with E-state index in [9.17, 15) is 0 Å². The molecule has 0 radical (unpaired) electrons. The van der Waals surface area contributed by atoms with Crippen molar-refractivity contribution >= 4 is 11.6 Å². The number of guanidine groups is 1. The zero-order chi connectivity index (χ0) is 19.2. The number of aromatic nitrogens is 2. The summed E-state index contributed by atoms with van der Waals surface area (Å²) in [6.07, 6.45) is 4.97. The van der Waals surface area contributed by atoms with Crippen LogP contribution in [0.4, 0.5) is 0 Å². The monoisotopic (exact) mass is 365 g/mol. The standard InChI is InChI=1S/C21H27N5O/c1-16-6-5-13-26-15-18(24-20(16)26)11-12-23-21(22-2)25(3)14-17-7-9-19(27-4)10-8-17/h5-10,13,15H,11-12,14H2,1-4H3,(H,22,23). The van der Waals surface area contributed by atoms with E-state index in [-0.39, 0.29) is 0 Å². The van der Waals surface area contributed by atoms with Gasteiger partial charge in [0.25, 0.3) is 0 Å². The Hall–Kier alpha value is -3.02. The van der Waals surface area contributed by atoms with Crippen LogP contribution in [-0.4, -0.2) is 48.0 Å². The van der Waals surface area contributed by atoms with Crippen LogP contribution in [0.5, 0.6) is 5.75 Å². The molecule has 0 aliphatic heterocycles. The van der Waals surface area contributed by atoms with Gasteiger partial charge < -0.3 is 19.4 Å². The molecule has 0 bridgehead atoms. The second-order valence-corrected chi connectivity index (χ2v) is 6.58. The quantitative estimate of drug-likeness (QED) is 0.539. The van der Waals surface area contributed by atoms with Gasteiger partial charge in [-0.05, 0) is 36.2 Å². The molecule has 27 heavy (non-hydrogen) atoms. The predicted octanol–water partition coefficient (Wildman–Crippen LogP) is 2.90. The summed E-state index contributed by atoms with van der Waals surface area (Å²) in [5, 5.41) is 3.42. The van der Waals surface area contributed by atoms with Crippen molar-refractivity contribution in [1.82, 2.24) is 19.6 Å². The van der Waals surface area contributed by atoms with Crippen molar-refractivity contribution in [2.24, 2.45) is 4.99 Å². The van der Waals surface area contributed by atoms with Crippen LogP contribution in [-0.2, 0) is 13.0 Å². The molecule has 2 heterocycles. The van der Waals surface area contributed by atoms with E-state index >= 15 is 0 Å². The molecular weight excluding hydrogens is 338 g/mol. The number of rotatable bonds is 6. The second kappa shape index (κ2) is 8.58. The molecule has 0 atom stereocenters. The Morgan fingerprint density at radius 1 is 1.26 bits per heavy atom. The lowest BCUT2D eigenvalue weighted by atomic mass is 10.2. The maximum absolute atomic E-state index is 5.21. The fraction of sp³-hybridized carbons (Fsp3) is 0.333. The van der Waals surface area contributed by atoms with Crippen LogP contribution >= 0.6 is 0 Å². The molecule has 2 aromatic heterocycles. The number of hydrogen-bond acceptors (Lipinski definition) is 3. The molecule has 0 saturated heterocycles. The predicted molar refractivity (Wildman–Crippen MR) is 109 cm³/mol. The fourth-order valence-corrected chi connectivity index (χ4v) is 3.09. The molecule has 6 nitrogen and oxygen atoms in total. The van der Waals surface area contributed by atoms with Gasteiger partial charge in [-0.3, -0.25) is 4.99 Å². The smallest absolute Gasteiger partial charge is 0.193 e. The number of methoxy groups -OCH3 is 1. The Balaban J connectivity index is 1.55. The molecule has 3 aromatic rings. The van der Waals surface area contributed by atoms with E-state index in [4.69, 9.17) is 9.72 Å². The van der Waals surface area contributed by atoms with Crippen LogP contribution < -0.4 is 10.1 Å². The lowest BCUT2D eigenvalue weighted by Crippen LogP contribution is -2.39. The number of hydrogen-bond donors (Lipinski definition) is 1. The van der Waals surface area contributed by atoms with E-state index in [0.29, 0.717) is 0 Å². The summed E-state index contributed by atoms with van der Waals surface area (Å²) in [5.74, 6) is 1.73. The Bertz CT molecular complexity index is 914. The van der Waals surface area contributed by atoms with Crippen LogP contribution in [0.15, 0.2) is 53.8 Å². The number of pyridine rings is 1. The molecule has 1 N–H and O–H groups in total. The lowest BCUT2D eigenvalue weighted by molar-refractivity contribution is 0.414. The molecule has 0 aliphatic carbocycles. The van der Waals surface area contributed by atoms with Gasteiger partial charge in [-0.25, -0.2) is 4.98 Å². The molecule has 3 rings (SSSR count). The van der Waals surface area contributed by atoms with E-state index in [1.165, 1.54) is 11.1 Å². The SMILES string of the molecule is CN=C(NCCc1cn2cccc(C)c2n1)N(C)Cc1ccc(OC)cc1. The third-order valence-electron chi connectivity index (χ3n) is 4.54. The van der Waals surface area contributed by atoms with Gasteiger partial charge >= 0.3 is 0 Å². The molecule has 0 amide bonds. The molecule has 142 valence electrons. The Morgan fingerprint density at radius 2 is 2.04 bits per heavy atom. The summed E-state index contributed by atoms with van der Waals surface area (Å²) in [4.78, 5) is 11.2. The molecular formula is C21H27N5O. The number of benzene rings is 1. The summed E-state index contributed by atoms with van der Waals surface area (Å²) >= 11 is 0. The van der Waals surface area contributed by atoms with Gasteiger partial charge in [-0.15, -0.1) is 0 Å². The van der Waals surface area contributed by atoms with Crippen LogP contribution in [0.3, 0.4) is 0 Å². The molecule has 0 saturated carbocycles. The van der Waals surface area contributed by atoms with Gasteiger partial charge in [0.2, 0.25) is 0 Å². The van der Waals surface area contributed by atoms with E-state index in [0.717, 1.165) is 42.6 Å². The minimum atomic E-state index is 0.775. The van der Waals surface area contributed by atoms with Gasteiger partial charge in [-0.2, -0.15) is 0 Å². The zero-order valence-electron chi connectivity index (χ0n) is 16.4. The van der Waals surface area contributed by atoms with E-state index in [2.05, 4.69) is 50.9 Å². The number of aliphatic imine (C=N–C) groups is 1. The number of imidazole rings is 1. The first-order valence-electron chi connectivity index (χ1n) is 9.08. The normalized spacial score (nSPS) is 11.6. The number of aryl methyl sites for hydroxylation is 1. The van der Waals surface area contributed by atoms with Crippen LogP contribution in [0.1, 0.15) is 16.8 Å². The largest absolute Gasteiger partial charge is 0.497 e. The summed E-state index contributed by atoms with van der Waals surface area (Å²) in [7, 11) is 5.52. The van der Waals surface area contributed by atoms with Gasteiger partial charge in [-0.1, -0.05) is 18.2 Å². The topological polar surface area (TPSA) is 54.2 Å². The van der Waals surface area contributed by atoms with Crippen molar-refractivity contribution in [3.63, 3.8) is 0 Å². The van der Waals surface area contributed by atoms with Gasteiger partial charge in [0.05, 0.1) is 12.8 Å². The van der Waals surface area contributed by atoms with Crippen molar-refractivity contribution in [3.8, 4) is 5.75 Å². The second-order valence-electron chi connectivity index (χ2n) is 6.58. The van der Waals surface area contributed by atoms with E-state index in [1.807, 2.05) is 31.4 Å². The summed E-state index contributed by atoms with van der Waals surface area (Å²) in [6.45, 7) is 3.64. The minimum Gasteiger partial charge on any atom is -0.497 e. The Kier molecular flexibility index (Phi) is 5.96. The molecule has 0 unspecified atom stereocenters. The summed E-state index contributed by atoms with van der Waals surface area (Å²) < 4.78 is 7.29. The van der Waals surface area contributed by atoms with Gasteiger partial charge in [0, 0.05) is 46.0 Å². The maximum Gasteiger partial charge on any atom is 0.193 e. The molecule has 0 fully saturated rings.